The monoisotopic (exact) mass is 421 g/mol. The molecular weight excluding hydrogens is 405 g/mol. The summed E-state index contributed by atoms with van der Waals surface area (Å²) in [6.07, 6.45) is 0.646. The first-order chi connectivity index (χ1) is 13.0. The molecule has 0 saturated carbocycles. The number of nitrogens with one attached hydrogen (secondary N) is 1. The second-order valence-corrected chi connectivity index (χ2v) is 7.68. The van der Waals surface area contributed by atoms with Crippen molar-refractivity contribution in [2.45, 2.75) is 24.5 Å². The molecule has 27 heavy (non-hydrogen) atoms. The Morgan fingerprint density at radius 2 is 1.93 bits per heavy atom. The molecule has 3 aromatic rings. The van der Waals surface area contributed by atoms with Crippen LogP contribution < -0.4 is 5.32 Å². The molecule has 1 heterocycles. The lowest BCUT2D eigenvalue weighted by molar-refractivity contribution is -0.113. The van der Waals surface area contributed by atoms with Gasteiger partial charge in [-0.05, 0) is 29.7 Å². The topological polar surface area (TPSA) is 68.0 Å². The second-order valence-electron chi connectivity index (χ2n) is 5.94. The highest BCUT2D eigenvalue weighted by Gasteiger charge is 2.14. The van der Waals surface area contributed by atoms with Gasteiger partial charge in [-0.2, -0.15) is 0 Å². The second kappa shape index (κ2) is 9.26. The number of carbonyl (C=O) groups is 1. The van der Waals surface area contributed by atoms with E-state index in [0.717, 1.165) is 0 Å². The zero-order valence-corrected chi connectivity index (χ0v) is 16.8. The van der Waals surface area contributed by atoms with Crippen molar-refractivity contribution < 1.29 is 9.21 Å². The van der Waals surface area contributed by atoms with Crippen molar-refractivity contribution in [3.63, 3.8) is 0 Å². The molecule has 0 saturated heterocycles. The fraction of sp³-hybridized carbons (Fsp3) is 0.211. The van der Waals surface area contributed by atoms with Gasteiger partial charge in [-0.3, -0.25) is 4.79 Å². The number of thioether (sulfide) groups is 1. The van der Waals surface area contributed by atoms with Crippen molar-refractivity contribution in [1.82, 2.24) is 10.2 Å². The summed E-state index contributed by atoms with van der Waals surface area (Å²) in [6.45, 7) is 2.11. The summed E-state index contributed by atoms with van der Waals surface area (Å²) in [5, 5.41) is 12.0. The molecule has 0 aliphatic carbocycles. The van der Waals surface area contributed by atoms with E-state index in [-0.39, 0.29) is 17.6 Å². The summed E-state index contributed by atoms with van der Waals surface area (Å²) in [5.74, 6) is 0.771. The Morgan fingerprint density at radius 3 is 2.67 bits per heavy atom. The Kier molecular flexibility index (Phi) is 6.77. The number of aromatic nitrogens is 2. The van der Waals surface area contributed by atoms with Gasteiger partial charge in [0.25, 0.3) is 5.22 Å². The lowest BCUT2D eigenvalue weighted by Gasteiger charge is -2.08. The van der Waals surface area contributed by atoms with E-state index >= 15 is 0 Å². The minimum absolute atomic E-state index is 0.149. The Balaban J connectivity index is 1.50. The number of halogens is 2. The van der Waals surface area contributed by atoms with Crippen molar-refractivity contribution in [3.8, 4) is 0 Å². The van der Waals surface area contributed by atoms with E-state index in [0.29, 0.717) is 33.3 Å². The van der Waals surface area contributed by atoms with Crippen LogP contribution in [0.2, 0.25) is 10.0 Å². The molecule has 1 N–H and O–H groups in total. The number of rotatable bonds is 7. The molecule has 0 bridgehead atoms. The maximum Gasteiger partial charge on any atom is 0.277 e. The third-order valence-corrected chi connectivity index (χ3v) is 5.39. The predicted octanol–water partition coefficient (Wildman–Crippen LogP) is 5.45. The largest absolute Gasteiger partial charge is 0.416 e. The fourth-order valence-electron chi connectivity index (χ4n) is 2.44. The summed E-state index contributed by atoms with van der Waals surface area (Å²) in [4.78, 5) is 12.1. The van der Waals surface area contributed by atoms with Crippen LogP contribution in [0, 0.1) is 0 Å². The molecule has 0 radical (unpaired) electrons. The van der Waals surface area contributed by atoms with Crippen molar-refractivity contribution in [2.24, 2.45) is 0 Å². The highest BCUT2D eigenvalue weighted by Crippen LogP contribution is 2.26. The third-order valence-electron chi connectivity index (χ3n) is 3.83. The SMILES string of the molecule is CC(Cc1nnc(SCC(=O)Nc2ccc(Cl)c(Cl)c2)o1)c1ccccc1. The van der Waals surface area contributed by atoms with Crippen LogP contribution >= 0.6 is 35.0 Å². The summed E-state index contributed by atoms with van der Waals surface area (Å²) >= 11 is 13.0. The van der Waals surface area contributed by atoms with E-state index < -0.39 is 0 Å². The Labute approximate surface area is 171 Å². The minimum Gasteiger partial charge on any atom is -0.416 e. The number of amides is 1. The molecule has 1 amide bonds. The first-order valence-corrected chi connectivity index (χ1v) is 10.0. The van der Waals surface area contributed by atoms with Crippen LogP contribution in [0.5, 0.6) is 0 Å². The van der Waals surface area contributed by atoms with Gasteiger partial charge in [-0.25, -0.2) is 0 Å². The maximum absolute atomic E-state index is 12.1. The van der Waals surface area contributed by atoms with Crippen LogP contribution in [0.4, 0.5) is 5.69 Å². The van der Waals surface area contributed by atoms with Crippen LogP contribution in [0.1, 0.15) is 24.3 Å². The molecule has 1 atom stereocenters. The number of carbonyl (C=O) groups excluding carboxylic acids is 1. The normalized spacial score (nSPS) is 12.0. The maximum atomic E-state index is 12.1. The number of benzene rings is 2. The van der Waals surface area contributed by atoms with Gasteiger partial charge in [0, 0.05) is 12.1 Å². The summed E-state index contributed by atoms with van der Waals surface area (Å²) in [5.41, 5.74) is 1.80. The third kappa shape index (κ3) is 5.73. The number of hydrogen-bond donors (Lipinski definition) is 1. The van der Waals surface area contributed by atoms with Crippen molar-refractivity contribution in [1.29, 1.82) is 0 Å². The van der Waals surface area contributed by atoms with Gasteiger partial charge in [0.2, 0.25) is 11.8 Å². The average molecular weight is 422 g/mol. The van der Waals surface area contributed by atoms with Crippen LogP contribution in [-0.4, -0.2) is 21.9 Å². The van der Waals surface area contributed by atoms with Crippen LogP contribution in [0.15, 0.2) is 58.2 Å². The van der Waals surface area contributed by atoms with Gasteiger partial charge in [0.1, 0.15) is 0 Å². The first-order valence-electron chi connectivity index (χ1n) is 8.26. The Bertz CT molecular complexity index is 918. The molecule has 140 valence electrons. The zero-order chi connectivity index (χ0) is 19.2. The van der Waals surface area contributed by atoms with Crippen molar-refractivity contribution >= 4 is 46.6 Å². The molecule has 1 unspecified atom stereocenters. The van der Waals surface area contributed by atoms with Gasteiger partial charge in [-0.15, -0.1) is 10.2 Å². The van der Waals surface area contributed by atoms with Gasteiger partial charge in [0.05, 0.1) is 15.8 Å². The van der Waals surface area contributed by atoms with E-state index in [1.807, 2.05) is 18.2 Å². The summed E-state index contributed by atoms with van der Waals surface area (Å²) < 4.78 is 5.63. The van der Waals surface area contributed by atoms with Crippen LogP contribution in [-0.2, 0) is 11.2 Å². The number of hydrogen-bond acceptors (Lipinski definition) is 5. The quantitative estimate of drug-likeness (QED) is 0.513. The first kappa shape index (κ1) is 19.7. The highest BCUT2D eigenvalue weighted by molar-refractivity contribution is 7.99. The number of anilines is 1. The van der Waals surface area contributed by atoms with Gasteiger partial charge < -0.3 is 9.73 Å². The number of nitrogens with zero attached hydrogens (tertiary/aromatic N) is 2. The summed E-state index contributed by atoms with van der Waals surface area (Å²) in [7, 11) is 0. The fourth-order valence-corrected chi connectivity index (χ4v) is 3.32. The van der Waals surface area contributed by atoms with Crippen LogP contribution in [0.3, 0.4) is 0 Å². The molecule has 2 aromatic carbocycles. The molecule has 0 aliphatic rings. The van der Waals surface area contributed by atoms with E-state index in [9.17, 15) is 4.79 Å². The molecule has 5 nitrogen and oxygen atoms in total. The lowest BCUT2D eigenvalue weighted by Crippen LogP contribution is -2.13. The molecule has 3 rings (SSSR count). The van der Waals surface area contributed by atoms with Crippen molar-refractivity contribution in [2.75, 3.05) is 11.1 Å². The molecular formula is C19H17Cl2N3O2S. The standard InChI is InChI=1S/C19H17Cl2N3O2S/c1-12(13-5-3-2-4-6-13)9-18-23-24-19(26-18)27-11-17(25)22-14-7-8-15(20)16(21)10-14/h2-8,10,12H,9,11H2,1H3,(H,22,25). The van der Waals surface area contributed by atoms with Crippen LogP contribution in [0.25, 0.3) is 0 Å². The Morgan fingerprint density at radius 1 is 1.15 bits per heavy atom. The summed E-state index contributed by atoms with van der Waals surface area (Å²) in [6, 6.07) is 15.1. The van der Waals surface area contributed by atoms with Gasteiger partial charge in [-0.1, -0.05) is 72.2 Å². The average Bonchev–Trinajstić information content (AvgIpc) is 3.11. The highest BCUT2D eigenvalue weighted by atomic mass is 35.5. The minimum atomic E-state index is -0.198. The predicted molar refractivity (Wildman–Crippen MR) is 109 cm³/mol. The van der Waals surface area contributed by atoms with Gasteiger partial charge >= 0.3 is 0 Å². The molecule has 1 aromatic heterocycles. The molecule has 0 spiro atoms. The smallest absolute Gasteiger partial charge is 0.277 e. The van der Waals surface area contributed by atoms with E-state index in [1.165, 1.54) is 17.3 Å². The van der Waals surface area contributed by atoms with Gasteiger partial charge in [0.15, 0.2) is 0 Å². The Hall–Kier alpha value is -2.02. The lowest BCUT2D eigenvalue weighted by atomic mass is 9.98. The molecule has 8 heteroatoms. The van der Waals surface area contributed by atoms with E-state index in [2.05, 4.69) is 34.6 Å². The zero-order valence-electron chi connectivity index (χ0n) is 14.5. The van der Waals surface area contributed by atoms with E-state index in [4.69, 9.17) is 27.6 Å². The van der Waals surface area contributed by atoms with E-state index in [1.54, 1.807) is 18.2 Å². The molecule has 0 fully saturated rings. The van der Waals surface area contributed by atoms with Crippen molar-refractivity contribution in [3.05, 3.63) is 70.0 Å². The molecule has 0 aliphatic heterocycles.